The Morgan fingerprint density at radius 1 is 1.15 bits per heavy atom. The molecule has 0 saturated carbocycles. The SMILES string of the molecule is COc1ccc(Nc2ccc(CNC(=O)[C@]3(NC(=O)Oc4cn[nH]c(=O)c4)CCOC3)c(F)c2)c(C(F)(F)F)c1. The zero-order valence-electron chi connectivity index (χ0n) is 20.9. The minimum Gasteiger partial charge on any atom is -0.497 e. The summed E-state index contributed by atoms with van der Waals surface area (Å²) in [5.74, 6) is -1.61. The van der Waals surface area contributed by atoms with E-state index in [4.69, 9.17) is 14.2 Å². The Hall–Kier alpha value is -4.66. The summed E-state index contributed by atoms with van der Waals surface area (Å²) in [5.41, 5.74) is -3.33. The van der Waals surface area contributed by atoms with Crippen LogP contribution in [0.25, 0.3) is 0 Å². The van der Waals surface area contributed by atoms with Crippen LogP contribution in [0, 0.1) is 5.82 Å². The molecule has 0 radical (unpaired) electrons. The molecular weight excluding hydrogens is 542 g/mol. The van der Waals surface area contributed by atoms with E-state index in [1.807, 2.05) is 0 Å². The van der Waals surface area contributed by atoms with Gasteiger partial charge in [0.25, 0.3) is 5.56 Å². The minimum atomic E-state index is -4.68. The van der Waals surface area contributed by atoms with Gasteiger partial charge in [0.05, 0.1) is 31.2 Å². The Morgan fingerprint density at radius 3 is 2.60 bits per heavy atom. The molecule has 2 amide bonds. The number of nitrogens with zero attached hydrogens (tertiary/aromatic N) is 1. The third-order valence-electron chi connectivity index (χ3n) is 5.95. The lowest BCUT2D eigenvalue weighted by atomic mass is 9.97. The highest BCUT2D eigenvalue weighted by molar-refractivity contribution is 5.90. The fraction of sp³-hybridized carbons (Fsp3) is 0.280. The van der Waals surface area contributed by atoms with E-state index in [0.29, 0.717) is 0 Å². The van der Waals surface area contributed by atoms with E-state index in [9.17, 15) is 31.9 Å². The van der Waals surface area contributed by atoms with Crippen molar-refractivity contribution in [3.63, 3.8) is 0 Å². The summed E-state index contributed by atoms with van der Waals surface area (Å²) in [6.45, 7) is -0.325. The van der Waals surface area contributed by atoms with Crippen molar-refractivity contribution in [3.05, 3.63) is 76.0 Å². The summed E-state index contributed by atoms with van der Waals surface area (Å²) >= 11 is 0. The zero-order chi connectivity index (χ0) is 28.9. The number of halogens is 4. The molecule has 15 heteroatoms. The van der Waals surface area contributed by atoms with Crippen LogP contribution in [0.15, 0.2) is 53.5 Å². The molecule has 11 nitrogen and oxygen atoms in total. The Kier molecular flexibility index (Phi) is 8.23. The third kappa shape index (κ3) is 6.66. The molecule has 1 aromatic heterocycles. The molecule has 212 valence electrons. The predicted octanol–water partition coefficient (Wildman–Crippen LogP) is 3.24. The second-order valence-corrected chi connectivity index (χ2v) is 8.70. The van der Waals surface area contributed by atoms with E-state index in [-0.39, 0.29) is 54.6 Å². The second-order valence-electron chi connectivity index (χ2n) is 8.70. The number of nitrogens with one attached hydrogen (secondary N) is 4. The van der Waals surface area contributed by atoms with Gasteiger partial charge in [-0.15, -0.1) is 0 Å². The van der Waals surface area contributed by atoms with Crippen molar-refractivity contribution in [2.75, 3.05) is 25.6 Å². The molecule has 0 unspecified atom stereocenters. The van der Waals surface area contributed by atoms with Gasteiger partial charge in [-0.2, -0.15) is 18.3 Å². The number of methoxy groups -OCH3 is 1. The first-order chi connectivity index (χ1) is 19.0. The Balaban J connectivity index is 1.42. The molecule has 40 heavy (non-hydrogen) atoms. The maximum absolute atomic E-state index is 14.8. The average molecular weight is 565 g/mol. The van der Waals surface area contributed by atoms with Crippen molar-refractivity contribution in [1.82, 2.24) is 20.8 Å². The standard InChI is InChI=1S/C25H23F4N5O6/c1-38-16-4-5-20(18(9-16)25(27,28)29)32-15-3-2-14(19(26)8-15)11-30-22(36)24(6-7-39-13-24)33-23(37)40-17-10-21(35)34-31-12-17/h2-5,8-10,12,32H,6-7,11,13H2,1H3,(H,30,36)(H,33,37)(H,34,35)/t24-/m0/s1. The van der Waals surface area contributed by atoms with Crippen molar-refractivity contribution in [1.29, 1.82) is 0 Å². The molecule has 0 aliphatic carbocycles. The molecule has 1 aliphatic rings. The number of carbonyl (C=O) groups is 2. The predicted molar refractivity (Wildman–Crippen MR) is 132 cm³/mol. The third-order valence-corrected chi connectivity index (χ3v) is 5.95. The molecule has 1 saturated heterocycles. The van der Waals surface area contributed by atoms with Gasteiger partial charge in [-0.1, -0.05) is 6.07 Å². The van der Waals surface area contributed by atoms with Gasteiger partial charge < -0.3 is 30.2 Å². The van der Waals surface area contributed by atoms with E-state index in [1.54, 1.807) is 0 Å². The lowest BCUT2D eigenvalue weighted by Gasteiger charge is -2.27. The summed E-state index contributed by atoms with van der Waals surface area (Å²) in [7, 11) is 1.24. The van der Waals surface area contributed by atoms with Crippen molar-refractivity contribution < 1.29 is 41.4 Å². The molecule has 4 N–H and O–H groups in total. The minimum absolute atomic E-state index is 0.00986. The highest BCUT2D eigenvalue weighted by Gasteiger charge is 2.44. The molecule has 2 heterocycles. The molecule has 2 aromatic carbocycles. The van der Waals surface area contributed by atoms with Crippen molar-refractivity contribution >= 4 is 23.4 Å². The smallest absolute Gasteiger partial charge is 0.418 e. The summed E-state index contributed by atoms with van der Waals surface area (Å²) in [4.78, 5) is 36.7. The number of H-pyrrole nitrogens is 1. The maximum Gasteiger partial charge on any atom is 0.418 e. The Morgan fingerprint density at radius 2 is 1.95 bits per heavy atom. The number of benzene rings is 2. The first kappa shape index (κ1) is 28.4. The first-order valence-electron chi connectivity index (χ1n) is 11.7. The number of amides is 2. The lowest BCUT2D eigenvalue weighted by molar-refractivity contribution is -0.137. The van der Waals surface area contributed by atoms with Gasteiger partial charge in [0.2, 0.25) is 5.91 Å². The van der Waals surface area contributed by atoms with Crippen LogP contribution in [0.1, 0.15) is 17.5 Å². The van der Waals surface area contributed by atoms with Crippen LogP contribution < -0.4 is 31.0 Å². The summed E-state index contributed by atoms with van der Waals surface area (Å²) < 4.78 is 70.4. The van der Waals surface area contributed by atoms with E-state index >= 15 is 0 Å². The van der Waals surface area contributed by atoms with Gasteiger partial charge in [-0.3, -0.25) is 9.59 Å². The number of rotatable bonds is 8. The topological polar surface area (TPSA) is 144 Å². The summed E-state index contributed by atoms with van der Waals surface area (Å²) in [6, 6.07) is 7.96. The van der Waals surface area contributed by atoms with Crippen LogP contribution in [0.2, 0.25) is 0 Å². The second kappa shape index (κ2) is 11.6. The van der Waals surface area contributed by atoms with Gasteiger partial charge in [0.1, 0.15) is 17.1 Å². The van der Waals surface area contributed by atoms with Crippen LogP contribution in [0.5, 0.6) is 11.5 Å². The van der Waals surface area contributed by atoms with Crippen LogP contribution >= 0.6 is 0 Å². The van der Waals surface area contributed by atoms with Gasteiger partial charge in [0.15, 0.2) is 5.75 Å². The number of anilines is 2. The molecular formula is C25H23F4N5O6. The normalized spacial score (nSPS) is 16.7. The summed E-state index contributed by atoms with van der Waals surface area (Å²) in [5, 5.41) is 13.1. The Labute approximate surface area is 223 Å². The number of ether oxygens (including phenoxy) is 3. The number of hydrogen-bond acceptors (Lipinski definition) is 8. The van der Waals surface area contributed by atoms with E-state index in [1.165, 1.54) is 31.4 Å². The molecule has 1 atom stereocenters. The molecule has 0 bridgehead atoms. The van der Waals surface area contributed by atoms with Gasteiger partial charge in [0, 0.05) is 36.9 Å². The van der Waals surface area contributed by atoms with Crippen molar-refractivity contribution in [2.24, 2.45) is 0 Å². The fourth-order valence-electron chi connectivity index (χ4n) is 3.90. The number of carbonyl (C=O) groups excluding carboxylic acids is 2. The highest BCUT2D eigenvalue weighted by Crippen LogP contribution is 2.38. The Bertz CT molecular complexity index is 1460. The highest BCUT2D eigenvalue weighted by atomic mass is 19.4. The van der Waals surface area contributed by atoms with E-state index in [2.05, 4.69) is 26.1 Å². The van der Waals surface area contributed by atoms with Gasteiger partial charge in [-0.05, 0) is 30.3 Å². The molecule has 1 fully saturated rings. The van der Waals surface area contributed by atoms with Crippen LogP contribution in [0.3, 0.4) is 0 Å². The van der Waals surface area contributed by atoms with E-state index < -0.39 is 40.7 Å². The molecule has 1 aliphatic heterocycles. The van der Waals surface area contributed by atoms with Crippen LogP contribution in [0.4, 0.5) is 33.7 Å². The van der Waals surface area contributed by atoms with Crippen molar-refractivity contribution in [2.45, 2.75) is 24.7 Å². The van der Waals surface area contributed by atoms with Gasteiger partial charge >= 0.3 is 12.3 Å². The monoisotopic (exact) mass is 565 g/mol. The number of hydrogen-bond donors (Lipinski definition) is 4. The number of alkyl halides is 3. The zero-order valence-corrected chi connectivity index (χ0v) is 20.9. The first-order valence-corrected chi connectivity index (χ1v) is 11.7. The quantitative estimate of drug-likeness (QED) is 0.305. The summed E-state index contributed by atoms with van der Waals surface area (Å²) in [6.07, 6.45) is -4.53. The molecule has 4 rings (SSSR count). The largest absolute Gasteiger partial charge is 0.497 e. The maximum atomic E-state index is 14.8. The van der Waals surface area contributed by atoms with Crippen molar-refractivity contribution in [3.8, 4) is 11.5 Å². The van der Waals surface area contributed by atoms with Crippen LogP contribution in [-0.2, 0) is 22.3 Å². The van der Waals surface area contributed by atoms with E-state index in [0.717, 1.165) is 24.4 Å². The van der Waals surface area contributed by atoms with Crippen LogP contribution in [-0.4, -0.2) is 48.1 Å². The number of aromatic amines is 1. The molecule has 3 aromatic rings. The lowest BCUT2D eigenvalue weighted by Crippen LogP contribution is -2.59. The average Bonchev–Trinajstić information content (AvgIpc) is 3.37. The number of aromatic nitrogens is 2. The molecule has 0 spiro atoms. The van der Waals surface area contributed by atoms with Gasteiger partial charge in [-0.25, -0.2) is 14.3 Å². The fourth-order valence-corrected chi connectivity index (χ4v) is 3.90.